The van der Waals surface area contributed by atoms with E-state index in [1.54, 1.807) is 13.3 Å². The fourth-order valence-electron chi connectivity index (χ4n) is 2.49. The van der Waals surface area contributed by atoms with Gasteiger partial charge in [-0.3, -0.25) is 0 Å². The highest BCUT2D eigenvalue weighted by Gasteiger charge is 2.38. The van der Waals surface area contributed by atoms with Crippen LogP contribution < -0.4 is 5.73 Å². The van der Waals surface area contributed by atoms with Crippen molar-refractivity contribution in [3.8, 4) is 0 Å². The Balaban J connectivity index is 2.06. The fourth-order valence-corrected chi connectivity index (χ4v) is 2.49. The van der Waals surface area contributed by atoms with Gasteiger partial charge < -0.3 is 20.5 Å². The van der Waals surface area contributed by atoms with E-state index in [0.29, 0.717) is 23.4 Å². The molecule has 2 aromatic heterocycles. The number of aromatic nitrogens is 4. The Hall–Kier alpha value is -1.99. The van der Waals surface area contributed by atoms with Gasteiger partial charge in [0.2, 0.25) is 0 Å². The summed E-state index contributed by atoms with van der Waals surface area (Å²) in [5, 5.41) is 19.6. The normalized spacial score (nSPS) is 26.9. The molecular formula is C12H15N5O2. The Bertz CT molecular complexity index is 665. The molecule has 1 aliphatic carbocycles. The Kier molecular flexibility index (Phi) is 2.54. The van der Waals surface area contributed by atoms with Crippen molar-refractivity contribution in [3.05, 3.63) is 24.3 Å². The van der Waals surface area contributed by atoms with Crippen LogP contribution in [0.3, 0.4) is 0 Å². The number of nitrogens with two attached hydrogens (primary N) is 1. The standard InChI is InChI=1S/C12H15N5O2/c1-7-2-8(3-12(7,19)4-18)17-6-16-9-10(13)14-5-15-11(9)17/h2,5-6,8,18-19H,3-4H2,1H3,(H2,13,14,15)/t8-,12-/m0/s1. The molecule has 0 saturated heterocycles. The monoisotopic (exact) mass is 261 g/mol. The highest BCUT2D eigenvalue weighted by molar-refractivity contribution is 5.81. The van der Waals surface area contributed by atoms with E-state index in [-0.39, 0.29) is 12.6 Å². The summed E-state index contributed by atoms with van der Waals surface area (Å²) < 4.78 is 1.84. The zero-order valence-electron chi connectivity index (χ0n) is 10.5. The van der Waals surface area contributed by atoms with E-state index in [0.717, 1.165) is 5.57 Å². The van der Waals surface area contributed by atoms with Gasteiger partial charge in [0, 0.05) is 6.42 Å². The Morgan fingerprint density at radius 1 is 1.47 bits per heavy atom. The molecule has 3 rings (SSSR count). The van der Waals surface area contributed by atoms with E-state index in [1.807, 2.05) is 10.6 Å². The van der Waals surface area contributed by atoms with Crippen LogP contribution in [-0.2, 0) is 0 Å². The molecule has 0 unspecified atom stereocenters. The lowest BCUT2D eigenvalue weighted by atomic mass is 9.98. The third-order valence-electron chi connectivity index (χ3n) is 3.73. The number of hydrogen-bond acceptors (Lipinski definition) is 6. The molecular weight excluding hydrogens is 246 g/mol. The van der Waals surface area contributed by atoms with E-state index in [2.05, 4.69) is 15.0 Å². The molecule has 0 bridgehead atoms. The summed E-state index contributed by atoms with van der Waals surface area (Å²) in [6.45, 7) is 1.51. The lowest BCUT2D eigenvalue weighted by Gasteiger charge is -2.23. The first-order chi connectivity index (χ1) is 9.05. The first kappa shape index (κ1) is 12.1. The van der Waals surface area contributed by atoms with Gasteiger partial charge in [-0.15, -0.1) is 0 Å². The molecule has 0 aromatic carbocycles. The third-order valence-corrected chi connectivity index (χ3v) is 3.73. The van der Waals surface area contributed by atoms with Crippen LogP contribution in [0.25, 0.3) is 11.2 Å². The number of fused-ring (bicyclic) bond motifs is 1. The van der Waals surface area contributed by atoms with Gasteiger partial charge >= 0.3 is 0 Å². The van der Waals surface area contributed by atoms with Crippen LogP contribution >= 0.6 is 0 Å². The number of nitrogen functional groups attached to an aromatic ring is 1. The third kappa shape index (κ3) is 1.70. The summed E-state index contributed by atoms with van der Waals surface area (Å²) in [7, 11) is 0. The lowest BCUT2D eigenvalue weighted by molar-refractivity contribution is 0.0129. The Morgan fingerprint density at radius 2 is 2.26 bits per heavy atom. The number of aliphatic hydroxyl groups excluding tert-OH is 1. The second-order valence-electron chi connectivity index (χ2n) is 4.89. The molecule has 0 radical (unpaired) electrons. The summed E-state index contributed by atoms with van der Waals surface area (Å²) in [6.07, 6.45) is 5.33. The molecule has 2 atom stereocenters. The highest BCUT2D eigenvalue weighted by atomic mass is 16.3. The topological polar surface area (TPSA) is 110 Å². The van der Waals surface area contributed by atoms with Gasteiger partial charge in [-0.1, -0.05) is 6.08 Å². The van der Waals surface area contributed by atoms with Gasteiger partial charge in [0.05, 0.1) is 19.0 Å². The predicted molar refractivity (Wildman–Crippen MR) is 69.2 cm³/mol. The van der Waals surface area contributed by atoms with Gasteiger partial charge in [0.25, 0.3) is 0 Å². The Labute approximate surface area is 109 Å². The average molecular weight is 261 g/mol. The summed E-state index contributed by atoms with van der Waals surface area (Å²) in [5.74, 6) is 0.333. The van der Waals surface area contributed by atoms with Gasteiger partial charge in [-0.25, -0.2) is 15.0 Å². The molecule has 4 N–H and O–H groups in total. The van der Waals surface area contributed by atoms with Crippen molar-refractivity contribution < 1.29 is 10.2 Å². The summed E-state index contributed by atoms with van der Waals surface area (Å²) >= 11 is 0. The molecule has 0 spiro atoms. The quantitative estimate of drug-likeness (QED) is 0.657. The van der Waals surface area contributed by atoms with Crippen LogP contribution in [0.5, 0.6) is 0 Å². The van der Waals surface area contributed by atoms with Crippen LogP contribution in [0.1, 0.15) is 19.4 Å². The van der Waals surface area contributed by atoms with E-state index in [1.165, 1.54) is 6.33 Å². The number of hydrogen-bond donors (Lipinski definition) is 3. The van der Waals surface area contributed by atoms with Crippen molar-refractivity contribution >= 4 is 17.0 Å². The van der Waals surface area contributed by atoms with Crippen LogP contribution in [0.15, 0.2) is 24.3 Å². The van der Waals surface area contributed by atoms with E-state index < -0.39 is 5.60 Å². The zero-order chi connectivity index (χ0) is 13.6. The minimum Gasteiger partial charge on any atom is -0.393 e. The van der Waals surface area contributed by atoms with Crippen molar-refractivity contribution in [3.63, 3.8) is 0 Å². The second kappa shape index (κ2) is 4.01. The molecule has 0 saturated carbocycles. The van der Waals surface area contributed by atoms with Crippen molar-refractivity contribution in [2.24, 2.45) is 0 Å². The van der Waals surface area contributed by atoms with Gasteiger partial charge in [-0.05, 0) is 12.5 Å². The molecule has 2 aromatic rings. The number of rotatable bonds is 2. The van der Waals surface area contributed by atoms with Crippen molar-refractivity contribution in [1.29, 1.82) is 0 Å². The summed E-state index contributed by atoms with van der Waals surface area (Å²) in [6, 6.07) is -0.101. The molecule has 0 aliphatic heterocycles. The predicted octanol–water partition coefficient (Wildman–Crippen LogP) is 0.0230. The SMILES string of the molecule is CC1=C[C@H](n2cnc3c(N)ncnc32)C[C@]1(O)CO. The van der Waals surface area contributed by atoms with Crippen molar-refractivity contribution in [2.45, 2.75) is 25.0 Å². The lowest BCUT2D eigenvalue weighted by Crippen LogP contribution is -2.32. The number of nitrogens with zero attached hydrogens (tertiary/aromatic N) is 4. The first-order valence-electron chi connectivity index (χ1n) is 6.00. The maximum atomic E-state index is 10.3. The highest BCUT2D eigenvalue weighted by Crippen LogP contribution is 2.37. The molecule has 100 valence electrons. The molecule has 2 heterocycles. The largest absolute Gasteiger partial charge is 0.393 e. The molecule has 0 fully saturated rings. The first-order valence-corrected chi connectivity index (χ1v) is 6.00. The van der Waals surface area contributed by atoms with E-state index in [9.17, 15) is 10.2 Å². The van der Waals surface area contributed by atoms with Gasteiger partial charge in [0.1, 0.15) is 17.4 Å². The van der Waals surface area contributed by atoms with Crippen LogP contribution in [0.4, 0.5) is 5.82 Å². The smallest absolute Gasteiger partial charge is 0.165 e. The molecule has 7 heteroatoms. The molecule has 19 heavy (non-hydrogen) atoms. The summed E-state index contributed by atoms with van der Waals surface area (Å²) in [4.78, 5) is 12.3. The van der Waals surface area contributed by atoms with Crippen molar-refractivity contribution in [1.82, 2.24) is 19.5 Å². The van der Waals surface area contributed by atoms with Crippen LogP contribution in [0.2, 0.25) is 0 Å². The fraction of sp³-hybridized carbons (Fsp3) is 0.417. The van der Waals surface area contributed by atoms with Crippen LogP contribution in [0, 0.1) is 0 Å². The number of anilines is 1. The molecule has 7 nitrogen and oxygen atoms in total. The minimum atomic E-state index is -1.17. The van der Waals surface area contributed by atoms with Gasteiger partial charge in [-0.2, -0.15) is 0 Å². The number of allylic oxidation sites excluding steroid dienone is 1. The number of aliphatic hydroxyl groups is 2. The zero-order valence-corrected chi connectivity index (χ0v) is 10.5. The summed E-state index contributed by atoms with van der Waals surface area (Å²) in [5.41, 5.74) is 6.51. The van der Waals surface area contributed by atoms with E-state index >= 15 is 0 Å². The molecule has 1 aliphatic rings. The van der Waals surface area contributed by atoms with E-state index in [4.69, 9.17) is 5.73 Å². The van der Waals surface area contributed by atoms with Crippen molar-refractivity contribution in [2.75, 3.05) is 12.3 Å². The minimum absolute atomic E-state index is 0.101. The maximum absolute atomic E-state index is 10.3. The average Bonchev–Trinajstić information content (AvgIpc) is 2.94. The molecule has 0 amide bonds. The second-order valence-corrected chi connectivity index (χ2v) is 4.89. The maximum Gasteiger partial charge on any atom is 0.165 e. The number of imidazole rings is 1. The van der Waals surface area contributed by atoms with Gasteiger partial charge in [0.15, 0.2) is 11.5 Å². The van der Waals surface area contributed by atoms with Crippen LogP contribution in [-0.4, -0.2) is 41.9 Å². The Morgan fingerprint density at radius 3 is 2.95 bits per heavy atom.